The lowest BCUT2D eigenvalue weighted by Crippen LogP contribution is -2.22. The zero-order valence-corrected chi connectivity index (χ0v) is 10.6. The van der Waals surface area contributed by atoms with Gasteiger partial charge in [0.2, 0.25) is 5.89 Å². The third-order valence-electron chi connectivity index (χ3n) is 4.71. The largest absolute Gasteiger partial charge is 0.339 e. The zero-order chi connectivity index (χ0) is 12.0. The van der Waals surface area contributed by atoms with Gasteiger partial charge >= 0.3 is 0 Å². The van der Waals surface area contributed by atoms with Crippen molar-refractivity contribution >= 4 is 0 Å². The van der Waals surface area contributed by atoms with Crippen LogP contribution in [0, 0.1) is 11.8 Å². The maximum Gasteiger partial charge on any atom is 0.231 e. The molecule has 0 saturated heterocycles. The van der Waals surface area contributed by atoms with E-state index in [0.29, 0.717) is 11.8 Å². The summed E-state index contributed by atoms with van der Waals surface area (Å²) in [5, 5.41) is 4.18. The van der Waals surface area contributed by atoms with E-state index >= 15 is 0 Å². The van der Waals surface area contributed by atoms with Gasteiger partial charge in [-0.15, -0.1) is 0 Å². The number of nitrogens with zero attached hydrogens (tertiary/aromatic N) is 2. The van der Waals surface area contributed by atoms with Crippen LogP contribution in [0.1, 0.15) is 63.1 Å². The van der Waals surface area contributed by atoms with Crippen molar-refractivity contribution in [2.24, 2.45) is 17.6 Å². The summed E-state index contributed by atoms with van der Waals surface area (Å²) < 4.78 is 5.37. The number of nitrogens with two attached hydrogens (primary N) is 1. The molecule has 2 aliphatic rings. The highest BCUT2D eigenvalue weighted by Gasteiger charge is 2.42. The van der Waals surface area contributed by atoms with Crippen molar-refractivity contribution in [3.8, 4) is 0 Å². The Labute approximate surface area is 102 Å². The van der Waals surface area contributed by atoms with E-state index in [1.165, 1.54) is 25.7 Å². The van der Waals surface area contributed by atoms with Crippen molar-refractivity contribution < 1.29 is 4.52 Å². The maximum atomic E-state index is 5.86. The van der Waals surface area contributed by atoms with Crippen molar-refractivity contribution in [3.05, 3.63) is 11.7 Å². The molecule has 2 saturated carbocycles. The van der Waals surface area contributed by atoms with Crippen LogP contribution < -0.4 is 5.73 Å². The molecule has 1 heterocycles. The van der Waals surface area contributed by atoms with Crippen LogP contribution in [0.5, 0.6) is 0 Å². The second-order valence-electron chi connectivity index (χ2n) is 5.92. The van der Waals surface area contributed by atoms with E-state index in [0.717, 1.165) is 17.7 Å². The minimum atomic E-state index is 0.0586. The monoisotopic (exact) mass is 235 g/mol. The van der Waals surface area contributed by atoms with Crippen LogP contribution in [0.4, 0.5) is 0 Å². The molecule has 0 aliphatic heterocycles. The fraction of sp³-hybridized carbons (Fsp3) is 0.846. The number of hydrogen-bond donors (Lipinski definition) is 1. The Morgan fingerprint density at radius 2 is 2.12 bits per heavy atom. The molecule has 4 heteroatoms. The molecule has 2 aliphatic carbocycles. The number of fused-ring (bicyclic) bond motifs is 2. The Morgan fingerprint density at radius 1 is 1.29 bits per heavy atom. The van der Waals surface area contributed by atoms with Crippen molar-refractivity contribution in [2.75, 3.05) is 0 Å². The van der Waals surface area contributed by atoms with Crippen molar-refractivity contribution in [1.82, 2.24) is 10.1 Å². The van der Waals surface area contributed by atoms with Crippen LogP contribution in [0.15, 0.2) is 4.52 Å². The lowest BCUT2D eigenvalue weighted by molar-refractivity contribution is 0.332. The summed E-state index contributed by atoms with van der Waals surface area (Å²) in [7, 11) is 0. The van der Waals surface area contributed by atoms with E-state index in [4.69, 9.17) is 10.3 Å². The van der Waals surface area contributed by atoms with E-state index < -0.39 is 0 Å². The molecule has 17 heavy (non-hydrogen) atoms. The van der Waals surface area contributed by atoms with Crippen LogP contribution in [0.25, 0.3) is 0 Å². The number of rotatable bonds is 3. The molecule has 0 radical (unpaired) electrons. The molecule has 4 nitrogen and oxygen atoms in total. The molecule has 94 valence electrons. The smallest absolute Gasteiger partial charge is 0.231 e. The predicted molar refractivity (Wildman–Crippen MR) is 64.6 cm³/mol. The molecular formula is C13H21N3O. The van der Waals surface area contributed by atoms with Gasteiger partial charge in [0, 0.05) is 12.0 Å². The highest BCUT2D eigenvalue weighted by Crippen LogP contribution is 2.52. The normalized spacial score (nSPS) is 35.1. The summed E-state index contributed by atoms with van der Waals surface area (Å²) in [5.74, 6) is 4.05. The number of aromatic nitrogens is 2. The molecule has 0 amide bonds. The third kappa shape index (κ3) is 1.88. The lowest BCUT2D eigenvalue weighted by Gasteiger charge is -2.17. The van der Waals surface area contributed by atoms with Gasteiger partial charge in [-0.2, -0.15) is 4.98 Å². The maximum absolute atomic E-state index is 5.86. The Balaban J connectivity index is 1.77. The van der Waals surface area contributed by atoms with E-state index in [1.54, 1.807) is 0 Å². The average Bonchev–Trinajstić information content (AvgIpc) is 3.02. The molecule has 0 spiro atoms. The van der Waals surface area contributed by atoms with E-state index in [-0.39, 0.29) is 12.0 Å². The third-order valence-corrected chi connectivity index (χ3v) is 4.71. The van der Waals surface area contributed by atoms with Gasteiger partial charge in [-0.05, 0) is 38.0 Å². The topological polar surface area (TPSA) is 64.9 Å². The molecular weight excluding hydrogens is 214 g/mol. The Bertz CT molecular complexity index is 401. The molecule has 0 aromatic carbocycles. The first-order chi connectivity index (χ1) is 8.15. The van der Waals surface area contributed by atoms with Gasteiger partial charge in [-0.1, -0.05) is 18.5 Å². The first kappa shape index (κ1) is 11.2. The van der Waals surface area contributed by atoms with Gasteiger partial charge in [0.25, 0.3) is 0 Å². The van der Waals surface area contributed by atoms with Crippen LogP contribution >= 0.6 is 0 Å². The Kier molecular flexibility index (Phi) is 2.69. The van der Waals surface area contributed by atoms with E-state index in [9.17, 15) is 0 Å². The van der Waals surface area contributed by atoms with Gasteiger partial charge in [-0.25, -0.2) is 0 Å². The summed E-state index contributed by atoms with van der Waals surface area (Å²) in [6.07, 6.45) is 5.39. The van der Waals surface area contributed by atoms with E-state index in [2.05, 4.69) is 10.1 Å². The summed E-state index contributed by atoms with van der Waals surface area (Å²) in [6, 6.07) is 0.0586. The Morgan fingerprint density at radius 3 is 2.71 bits per heavy atom. The summed E-state index contributed by atoms with van der Waals surface area (Å²) >= 11 is 0. The van der Waals surface area contributed by atoms with Crippen LogP contribution in [-0.4, -0.2) is 16.2 Å². The van der Waals surface area contributed by atoms with Crippen molar-refractivity contribution in [2.45, 2.75) is 57.4 Å². The molecule has 1 aromatic heterocycles. The molecule has 2 N–H and O–H groups in total. The number of hydrogen-bond acceptors (Lipinski definition) is 4. The van der Waals surface area contributed by atoms with Crippen LogP contribution in [-0.2, 0) is 0 Å². The summed E-state index contributed by atoms with van der Waals surface area (Å²) in [5.41, 5.74) is 5.86. The van der Waals surface area contributed by atoms with Crippen LogP contribution in [0.3, 0.4) is 0 Å². The minimum absolute atomic E-state index is 0.0586. The molecule has 2 bridgehead atoms. The second kappa shape index (κ2) is 4.09. The van der Waals surface area contributed by atoms with Gasteiger partial charge in [0.05, 0.1) is 5.92 Å². The fourth-order valence-electron chi connectivity index (χ4n) is 3.37. The van der Waals surface area contributed by atoms with Gasteiger partial charge in [-0.3, -0.25) is 0 Å². The van der Waals surface area contributed by atoms with Crippen molar-refractivity contribution in [1.29, 1.82) is 0 Å². The average molecular weight is 235 g/mol. The first-order valence-electron chi connectivity index (χ1n) is 6.74. The molecule has 1 aromatic rings. The van der Waals surface area contributed by atoms with E-state index in [1.807, 2.05) is 13.8 Å². The quantitative estimate of drug-likeness (QED) is 0.873. The molecule has 5 unspecified atom stereocenters. The highest BCUT2D eigenvalue weighted by atomic mass is 16.5. The fourth-order valence-corrected chi connectivity index (χ4v) is 3.37. The van der Waals surface area contributed by atoms with Crippen LogP contribution in [0.2, 0.25) is 0 Å². The summed E-state index contributed by atoms with van der Waals surface area (Å²) in [4.78, 5) is 4.57. The SMILES string of the molecule is CC(N)C(C)c1nc(C2CC3CCC2C3)no1. The summed E-state index contributed by atoms with van der Waals surface area (Å²) in [6.45, 7) is 4.02. The minimum Gasteiger partial charge on any atom is -0.339 e. The first-order valence-corrected chi connectivity index (χ1v) is 6.74. The predicted octanol–water partition coefficient (Wildman–Crippen LogP) is 2.42. The zero-order valence-electron chi connectivity index (χ0n) is 10.6. The van der Waals surface area contributed by atoms with Gasteiger partial charge < -0.3 is 10.3 Å². The highest BCUT2D eigenvalue weighted by molar-refractivity contribution is 5.07. The standard InChI is InChI=1S/C13H21N3O/c1-7(8(2)14)13-15-12(16-17-13)11-6-9-3-4-10(11)5-9/h7-11H,3-6,14H2,1-2H3. The molecule has 5 atom stereocenters. The molecule has 3 rings (SSSR count). The second-order valence-corrected chi connectivity index (χ2v) is 5.92. The van der Waals surface area contributed by atoms with Gasteiger partial charge in [0.1, 0.15) is 0 Å². The van der Waals surface area contributed by atoms with Gasteiger partial charge in [0.15, 0.2) is 5.82 Å². The Hall–Kier alpha value is -0.900. The lowest BCUT2D eigenvalue weighted by atomic mass is 9.88. The van der Waals surface area contributed by atoms with Crippen molar-refractivity contribution in [3.63, 3.8) is 0 Å². The molecule has 2 fully saturated rings.